The molecule has 1 heterocycles. The highest BCUT2D eigenvalue weighted by atomic mass is 32.1. The Morgan fingerprint density at radius 3 is 2.34 bits per heavy atom. The molecular formula is C23H17NO4S. The number of amides is 1. The first-order valence-corrected chi connectivity index (χ1v) is 9.91. The Hall–Kier alpha value is -3.56. The highest BCUT2D eigenvalue weighted by Gasteiger charge is 2.28. The zero-order valence-electron chi connectivity index (χ0n) is 15.3. The van der Waals surface area contributed by atoms with Crippen molar-refractivity contribution in [3.63, 3.8) is 0 Å². The number of alkyl carbamates (subject to hydrolysis) is 1. The average molecular weight is 403 g/mol. The van der Waals surface area contributed by atoms with Crippen molar-refractivity contribution >= 4 is 23.4 Å². The summed E-state index contributed by atoms with van der Waals surface area (Å²) in [7, 11) is 0. The summed E-state index contributed by atoms with van der Waals surface area (Å²) in [6, 6.07) is 17.8. The molecule has 2 N–H and O–H groups in total. The van der Waals surface area contributed by atoms with Crippen molar-refractivity contribution in [2.45, 2.75) is 5.92 Å². The van der Waals surface area contributed by atoms with E-state index >= 15 is 0 Å². The van der Waals surface area contributed by atoms with Crippen molar-refractivity contribution in [3.05, 3.63) is 81.5 Å². The number of rotatable bonds is 4. The molecule has 4 rings (SSSR count). The second-order valence-electron chi connectivity index (χ2n) is 6.49. The molecule has 0 fully saturated rings. The molecule has 29 heavy (non-hydrogen) atoms. The van der Waals surface area contributed by atoms with Crippen LogP contribution in [-0.4, -0.2) is 30.3 Å². The highest BCUT2D eigenvalue weighted by Crippen LogP contribution is 2.44. The number of nitrogens with one attached hydrogen (secondary N) is 1. The lowest BCUT2D eigenvalue weighted by atomic mass is 9.98. The maximum absolute atomic E-state index is 12.1. The molecule has 6 heteroatoms. The van der Waals surface area contributed by atoms with Crippen molar-refractivity contribution in [2.24, 2.45) is 0 Å². The molecule has 0 unspecified atom stereocenters. The fourth-order valence-electron chi connectivity index (χ4n) is 3.41. The van der Waals surface area contributed by atoms with Gasteiger partial charge in [0, 0.05) is 11.3 Å². The molecule has 1 aliphatic rings. The number of hydrogen-bond donors (Lipinski definition) is 2. The third kappa shape index (κ3) is 4.00. The summed E-state index contributed by atoms with van der Waals surface area (Å²) in [5, 5.41) is 13.0. The lowest BCUT2D eigenvalue weighted by molar-refractivity contribution is 0.0697. The molecule has 1 aromatic heterocycles. The molecule has 0 spiro atoms. The molecule has 0 saturated carbocycles. The van der Waals surface area contributed by atoms with E-state index in [0.29, 0.717) is 4.88 Å². The van der Waals surface area contributed by atoms with E-state index in [9.17, 15) is 9.59 Å². The number of ether oxygens (including phenoxy) is 1. The largest absolute Gasteiger partial charge is 0.478 e. The van der Waals surface area contributed by atoms with Gasteiger partial charge < -0.3 is 15.2 Å². The first kappa shape index (κ1) is 18.8. The Balaban J connectivity index is 1.33. The maximum Gasteiger partial charge on any atom is 0.407 e. The van der Waals surface area contributed by atoms with Gasteiger partial charge in [0.2, 0.25) is 0 Å². The molecule has 3 aromatic rings. The van der Waals surface area contributed by atoms with Crippen LogP contribution in [0.4, 0.5) is 4.79 Å². The van der Waals surface area contributed by atoms with Gasteiger partial charge in [0.05, 0.1) is 17.0 Å². The molecule has 144 valence electrons. The fraction of sp³-hybridized carbons (Fsp3) is 0.130. The number of carboxylic acids is 1. The lowest BCUT2D eigenvalue weighted by Crippen LogP contribution is -2.26. The number of carboxylic acid groups (broad SMARTS) is 1. The van der Waals surface area contributed by atoms with Gasteiger partial charge in [0.1, 0.15) is 6.61 Å². The van der Waals surface area contributed by atoms with Crippen LogP contribution in [0, 0.1) is 11.8 Å². The normalized spacial score (nSPS) is 11.7. The molecule has 0 radical (unpaired) electrons. The SMILES string of the molecule is O=C(NCC#Cc1cc(C(=O)O)cs1)OCC1c2ccccc2-c2ccccc21. The van der Waals surface area contributed by atoms with E-state index < -0.39 is 12.1 Å². The zero-order valence-corrected chi connectivity index (χ0v) is 16.2. The van der Waals surface area contributed by atoms with E-state index in [2.05, 4.69) is 41.4 Å². The summed E-state index contributed by atoms with van der Waals surface area (Å²) in [5.74, 6) is 4.67. The van der Waals surface area contributed by atoms with Gasteiger partial charge in [-0.15, -0.1) is 11.3 Å². The Labute approximate surface area is 172 Å². The average Bonchev–Trinajstić information content (AvgIpc) is 3.33. The summed E-state index contributed by atoms with van der Waals surface area (Å²) >= 11 is 1.25. The smallest absolute Gasteiger partial charge is 0.407 e. The van der Waals surface area contributed by atoms with Crippen molar-refractivity contribution < 1.29 is 19.4 Å². The van der Waals surface area contributed by atoms with Gasteiger partial charge in [-0.1, -0.05) is 60.4 Å². The number of hydrogen-bond acceptors (Lipinski definition) is 4. The van der Waals surface area contributed by atoms with Crippen LogP contribution in [0.15, 0.2) is 60.0 Å². The van der Waals surface area contributed by atoms with E-state index in [1.165, 1.54) is 33.9 Å². The first-order chi connectivity index (χ1) is 14.1. The third-order valence-electron chi connectivity index (χ3n) is 4.72. The van der Waals surface area contributed by atoms with Gasteiger partial charge in [-0.25, -0.2) is 9.59 Å². The van der Waals surface area contributed by atoms with Crippen LogP contribution in [-0.2, 0) is 4.74 Å². The standard InChI is InChI=1S/C23H17NO4S/c25-22(26)15-12-16(29-14-15)6-5-11-24-23(27)28-13-21-19-9-3-1-7-17(19)18-8-2-4-10-20(18)21/h1-4,7-10,12,14,21H,11,13H2,(H,24,27)(H,25,26). The molecule has 0 aliphatic heterocycles. The highest BCUT2D eigenvalue weighted by molar-refractivity contribution is 7.10. The number of thiophene rings is 1. The Morgan fingerprint density at radius 2 is 1.72 bits per heavy atom. The maximum atomic E-state index is 12.1. The lowest BCUT2D eigenvalue weighted by Gasteiger charge is -2.14. The predicted molar refractivity (Wildman–Crippen MR) is 111 cm³/mol. The van der Waals surface area contributed by atoms with Crippen LogP contribution in [0.5, 0.6) is 0 Å². The summed E-state index contributed by atoms with van der Waals surface area (Å²) < 4.78 is 5.43. The van der Waals surface area contributed by atoms with Gasteiger partial charge in [-0.05, 0) is 28.3 Å². The number of carbonyl (C=O) groups excluding carboxylic acids is 1. The second-order valence-corrected chi connectivity index (χ2v) is 7.40. The van der Waals surface area contributed by atoms with E-state index in [4.69, 9.17) is 9.84 Å². The quantitative estimate of drug-likeness (QED) is 0.636. The summed E-state index contributed by atoms with van der Waals surface area (Å²) in [6.45, 7) is 0.372. The van der Waals surface area contributed by atoms with Crippen LogP contribution in [0.25, 0.3) is 11.1 Å². The molecular weight excluding hydrogens is 386 g/mol. The zero-order chi connectivity index (χ0) is 20.2. The monoisotopic (exact) mass is 403 g/mol. The van der Waals surface area contributed by atoms with E-state index in [-0.39, 0.29) is 24.6 Å². The first-order valence-electron chi connectivity index (χ1n) is 9.03. The van der Waals surface area contributed by atoms with Crippen LogP contribution in [0.2, 0.25) is 0 Å². The van der Waals surface area contributed by atoms with Crippen molar-refractivity contribution in [3.8, 4) is 23.0 Å². The topological polar surface area (TPSA) is 75.6 Å². The predicted octanol–water partition coefficient (Wildman–Crippen LogP) is 4.34. The van der Waals surface area contributed by atoms with Crippen LogP contribution >= 0.6 is 11.3 Å². The van der Waals surface area contributed by atoms with Gasteiger partial charge in [-0.3, -0.25) is 0 Å². The molecule has 0 atom stereocenters. The molecule has 0 saturated heterocycles. The molecule has 2 aromatic carbocycles. The minimum atomic E-state index is -0.980. The van der Waals surface area contributed by atoms with E-state index in [1.54, 1.807) is 0 Å². The van der Waals surface area contributed by atoms with Crippen molar-refractivity contribution in [1.82, 2.24) is 5.32 Å². The molecule has 5 nitrogen and oxygen atoms in total. The van der Waals surface area contributed by atoms with Gasteiger partial charge in [-0.2, -0.15) is 0 Å². The van der Waals surface area contributed by atoms with Crippen molar-refractivity contribution in [1.29, 1.82) is 0 Å². The Bertz CT molecular complexity index is 1090. The number of fused-ring (bicyclic) bond motifs is 3. The second kappa shape index (κ2) is 8.21. The Kier molecular flexibility index (Phi) is 5.32. The molecule has 0 bridgehead atoms. The minimum absolute atomic E-state index is 0.0137. The number of benzene rings is 2. The Morgan fingerprint density at radius 1 is 1.07 bits per heavy atom. The van der Waals surface area contributed by atoms with Gasteiger partial charge >= 0.3 is 12.1 Å². The third-order valence-corrected chi connectivity index (χ3v) is 5.57. The fourth-order valence-corrected chi connectivity index (χ4v) is 4.16. The summed E-state index contributed by atoms with van der Waals surface area (Å²) in [6.07, 6.45) is -0.529. The summed E-state index contributed by atoms with van der Waals surface area (Å²) in [5.41, 5.74) is 4.89. The van der Waals surface area contributed by atoms with E-state index in [1.807, 2.05) is 24.3 Å². The summed E-state index contributed by atoms with van der Waals surface area (Å²) in [4.78, 5) is 23.5. The van der Waals surface area contributed by atoms with Crippen molar-refractivity contribution in [2.75, 3.05) is 13.2 Å². The number of carbonyl (C=O) groups is 2. The van der Waals surface area contributed by atoms with Crippen LogP contribution < -0.4 is 5.32 Å². The van der Waals surface area contributed by atoms with E-state index in [0.717, 1.165) is 11.1 Å². The van der Waals surface area contributed by atoms with Crippen LogP contribution in [0.1, 0.15) is 32.3 Å². The van der Waals surface area contributed by atoms with Gasteiger partial charge in [0.15, 0.2) is 0 Å². The van der Waals surface area contributed by atoms with Gasteiger partial charge in [0.25, 0.3) is 0 Å². The molecule has 1 amide bonds. The van der Waals surface area contributed by atoms with Crippen LogP contribution in [0.3, 0.4) is 0 Å². The minimum Gasteiger partial charge on any atom is -0.478 e. The molecule has 1 aliphatic carbocycles. The number of aromatic carboxylic acids is 1.